The number of hydrogen-bond donors (Lipinski definition) is 2. The molecule has 1 aromatic carbocycles. The molecular formula is C16H15N5O2. The number of H-pyrrole nitrogens is 1. The van der Waals surface area contributed by atoms with E-state index in [1.165, 1.54) is 12.1 Å². The smallest absolute Gasteiger partial charge is 0.272 e. The molecule has 0 spiro atoms. The van der Waals surface area contributed by atoms with Crippen LogP contribution in [0, 0.1) is 0 Å². The lowest BCUT2D eigenvalue weighted by Gasteiger charge is -2.18. The quantitative estimate of drug-likeness (QED) is 0.752. The Balaban J connectivity index is 1.93. The summed E-state index contributed by atoms with van der Waals surface area (Å²) in [6.45, 7) is 0. The highest BCUT2D eigenvalue weighted by Gasteiger charge is 2.21. The van der Waals surface area contributed by atoms with E-state index in [1.807, 2.05) is 48.1 Å². The maximum absolute atomic E-state index is 12.4. The van der Waals surface area contributed by atoms with Crippen molar-refractivity contribution in [1.82, 2.24) is 25.1 Å². The number of aromatic nitrogens is 4. The van der Waals surface area contributed by atoms with Crippen LogP contribution in [-0.2, 0) is 7.05 Å². The molecule has 3 aromatic rings. The van der Waals surface area contributed by atoms with Crippen molar-refractivity contribution >= 4 is 5.91 Å². The van der Waals surface area contributed by atoms with Crippen LogP contribution in [0.5, 0.6) is 0 Å². The van der Waals surface area contributed by atoms with Crippen LogP contribution in [0.2, 0.25) is 0 Å². The zero-order valence-corrected chi connectivity index (χ0v) is 12.4. The van der Waals surface area contributed by atoms with Crippen LogP contribution in [0.3, 0.4) is 0 Å². The second kappa shape index (κ2) is 6.27. The minimum absolute atomic E-state index is 0.139. The summed E-state index contributed by atoms with van der Waals surface area (Å²) in [5.41, 5.74) is 0.685. The number of imidazole rings is 1. The Labute approximate surface area is 132 Å². The van der Waals surface area contributed by atoms with Gasteiger partial charge in [-0.25, -0.2) is 10.1 Å². The monoisotopic (exact) mass is 309 g/mol. The van der Waals surface area contributed by atoms with Gasteiger partial charge in [0.25, 0.3) is 11.5 Å². The summed E-state index contributed by atoms with van der Waals surface area (Å²) in [6, 6.07) is 11.8. The molecule has 0 unspecified atom stereocenters. The molecule has 0 aliphatic carbocycles. The van der Waals surface area contributed by atoms with E-state index in [2.05, 4.69) is 20.5 Å². The molecule has 0 bridgehead atoms. The number of benzene rings is 1. The molecule has 0 fully saturated rings. The standard InChI is InChI=1S/C16H15N5O2/c1-21-10-9-17-15(21)14(11-5-3-2-4-6-11)18-16(23)12-7-8-13(22)20-19-12/h2-10,14H,1H3,(H,18,23)(H,20,22)/t14-/m0/s1. The van der Waals surface area contributed by atoms with Crippen molar-refractivity contribution < 1.29 is 4.79 Å². The minimum Gasteiger partial charge on any atom is -0.337 e. The van der Waals surface area contributed by atoms with Crippen LogP contribution in [0.15, 0.2) is 59.7 Å². The Hall–Kier alpha value is -3.22. The van der Waals surface area contributed by atoms with Crippen LogP contribution in [0.25, 0.3) is 0 Å². The van der Waals surface area contributed by atoms with E-state index in [-0.39, 0.29) is 11.3 Å². The number of amides is 1. The lowest BCUT2D eigenvalue weighted by molar-refractivity contribution is 0.0935. The number of nitrogens with zero attached hydrogens (tertiary/aromatic N) is 3. The lowest BCUT2D eigenvalue weighted by atomic mass is 10.1. The van der Waals surface area contributed by atoms with Crippen molar-refractivity contribution in [2.45, 2.75) is 6.04 Å². The second-order valence-corrected chi connectivity index (χ2v) is 5.02. The summed E-state index contributed by atoms with van der Waals surface area (Å²) in [6.07, 6.45) is 3.49. The zero-order valence-electron chi connectivity index (χ0n) is 12.4. The third-order valence-corrected chi connectivity index (χ3v) is 3.44. The molecule has 0 saturated heterocycles. The SMILES string of the molecule is Cn1ccnc1[C@@H](NC(=O)c1ccc(=O)[nH]n1)c1ccccc1. The highest BCUT2D eigenvalue weighted by atomic mass is 16.2. The summed E-state index contributed by atoms with van der Waals surface area (Å²) in [4.78, 5) is 27.8. The molecular weight excluding hydrogens is 294 g/mol. The second-order valence-electron chi connectivity index (χ2n) is 5.02. The van der Waals surface area contributed by atoms with Crippen molar-refractivity contribution in [3.8, 4) is 0 Å². The first-order chi connectivity index (χ1) is 11.1. The highest BCUT2D eigenvalue weighted by Crippen LogP contribution is 2.20. The van der Waals surface area contributed by atoms with Crippen LogP contribution in [-0.4, -0.2) is 25.7 Å². The summed E-state index contributed by atoms with van der Waals surface area (Å²) < 4.78 is 1.85. The number of aromatic amines is 1. The largest absolute Gasteiger partial charge is 0.337 e. The van der Waals surface area contributed by atoms with E-state index in [9.17, 15) is 9.59 Å². The molecule has 2 N–H and O–H groups in total. The number of rotatable bonds is 4. The molecule has 3 rings (SSSR count). The zero-order chi connectivity index (χ0) is 16.2. The van der Waals surface area contributed by atoms with Gasteiger partial charge < -0.3 is 9.88 Å². The molecule has 116 valence electrons. The average Bonchev–Trinajstić information content (AvgIpc) is 2.99. The van der Waals surface area contributed by atoms with Gasteiger partial charge in [-0.05, 0) is 11.6 Å². The highest BCUT2D eigenvalue weighted by molar-refractivity contribution is 5.92. The van der Waals surface area contributed by atoms with Crippen molar-refractivity contribution in [3.63, 3.8) is 0 Å². The maximum atomic E-state index is 12.4. The number of hydrogen-bond acceptors (Lipinski definition) is 4. The summed E-state index contributed by atoms with van der Waals surface area (Å²) >= 11 is 0. The van der Waals surface area contributed by atoms with Crippen molar-refractivity contribution in [2.75, 3.05) is 0 Å². The molecule has 0 aliphatic heterocycles. The van der Waals surface area contributed by atoms with E-state index in [4.69, 9.17) is 0 Å². The molecule has 0 aliphatic rings. The molecule has 7 nitrogen and oxygen atoms in total. The first-order valence-electron chi connectivity index (χ1n) is 7.04. The molecule has 1 atom stereocenters. The van der Waals surface area contributed by atoms with E-state index in [0.29, 0.717) is 5.82 Å². The molecule has 23 heavy (non-hydrogen) atoms. The number of aryl methyl sites for hydroxylation is 1. The van der Waals surface area contributed by atoms with Gasteiger partial charge >= 0.3 is 0 Å². The topological polar surface area (TPSA) is 92.7 Å². The Bertz CT molecular complexity index is 849. The number of carbonyl (C=O) groups is 1. The van der Waals surface area contributed by atoms with Gasteiger partial charge in [0, 0.05) is 25.5 Å². The predicted octanol–water partition coefficient (Wildman–Crippen LogP) is 1.02. The van der Waals surface area contributed by atoms with E-state index < -0.39 is 11.9 Å². The van der Waals surface area contributed by atoms with Crippen LogP contribution < -0.4 is 10.9 Å². The van der Waals surface area contributed by atoms with E-state index >= 15 is 0 Å². The fraction of sp³-hybridized carbons (Fsp3) is 0.125. The normalized spacial score (nSPS) is 11.9. The first-order valence-corrected chi connectivity index (χ1v) is 7.04. The molecule has 0 radical (unpaired) electrons. The first kappa shape index (κ1) is 14.7. The third-order valence-electron chi connectivity index (χ3n) is 3.44. The molecule has 1 amide bonds. The predicted molar refractivity (Wildman–Crippen MR) is 83.8 cm³/mol. The summed E-state index contributed by atoms with van der Waals surface area (Å²) in [5, 5.41) is 8.91. The minimum atomic E-state index is -0.419. The summed E-state index contributed by atoms with van der Waals surface area (Å²) in [5.74, 6) is 0.312. The Morgan fingerprint density at radius 1 is 1.22 bits per heavy atom. The third kappa shape index (κ3) is 3.18. The van der Waals surface area contributed by atoms with Gasteiger partial charge in [0.2, 0.25) is 0 Å². The van der Waals surface area contributed by atoms with Crippen LogP contribution in [0.1, 0.15) is 27.9 Å². The van der Waals surface area contributed by atoms with Gasteiger partial charge in [-0.1, -0.05) is 30.3 Å². The summed E-state index contributed by atoms with van der Waals surface area (Å²) in [7, 11) is 1.86. The molecule has 2 heterocycles. The van der Waals surface area contributed by atoms with Gasteiger partial charge in [0.05, 0.1) is 0 Å². The van der Waals surface area contributed by atoms with E-state index in [1.54, 1.807) is 6.20 Å². The Kier molecular flexibility index (Phi) is 4.01. The van der Waals surface area contributed by atoms with Crippen molar-refractivity contribution in [3.05, 3.63) is 82.3 Å². The van der Waals surface area contributed by atoms with E-state index in [0.717, 1.165) is 5.56 Å². The fourth-order valence-electron chi connectivity index (χ4n) is 2.27. The lowest BCUT2D eigenvalue weighted by Crippen LogP contribution is -2.32. The average molecular weight is 309 g/mol. The molecule has 7 heteroatoms. The van der Waals surface area contributed by atoms with Gasteiger partial charge in [-0.15, -0.1) is 0 Å². The Morgan fingerprint density at radius 3 is 2.61 bits per heavy atom. The van der Waals surface area contributed by atoms with Gasteiger partial charge in [0.1, 0.15) is 17.6 Å². The Morgan fingerprint density at radius 2 is 2.00 bits per heavy atom. The van der Waals surface area contributed by atoms with Crippen LogP contribution >= 0.6 is 0 Å². The fourth-order valence-corrected chi connectivity index (χ4v) is 2.27. The van der Waals surface area contributed by atoms with Crippen molar-refractivity contribution in [2.24, 2.45) is 7.05 Å². The number of carbonyl (C=O) groups excluding carboxylic acids is 1. The molecule has 2 aromatic heterocycles. The van der Waals surface area contributed by atoms with Gasteiger partial charge in [-0.3, -0.25) is 9.59 Å². The van der Waals surface area contributed by atoms with Crippen LogP contribution in [0.4, 0.5) is 0 Å². The maximum Gasteiger partial charge on any atom is 0.272 e. The van der Waals surface area contributed by atoms with Gasteiger partial charge in [-0.2, -0.15) is 5.10 Å². The van der Waals surface area contributed by atoms with Gasteiger partial charge in [0.15, 0.2) is 0 Å². The van der Waals surface area contributed by atoms with Crippen molar-refractivity contribution in [1.29, 1.82) is 0 Å². The number of nitrogens with one attached hydrogen (secondary N) is 2. The molecule has 0 saturated carbocycles.